The van der Waals surface area contributed by atoms with Gasteiger partial charge in [-0.05, 0) is 13.8 Å². The molecule has 0 N–H and O–H groups in total. The molecule has 0 rings (SSSR count). The summed E-state index contributed by atoms with van der Waals surface area (Å²) < 4.78 is 0. The molecule has 0 saturated heterocycles. The van der Waals surface area contributed by atoms with E-state index in [-0.39, 0.29) is 11.2 Å². The van der Waals surface area contributed by atoms with Crippen molar-refractivity contribution in [2.24, 2.45) is 5.41 Å². The quantitative estimate of drug-likeness (QED) is 0.493. The van der Waals surface area contributed by atoms with E-state index in [0.29, 0.717) is 5.33 Å². The molecule has 0 unspecified atom stereocenters. The number of ketones is 1. The summed E-state index contributed by atoms with van der Waals surface area (Å²) in [4.78, 5) is 10.9. The van der Waals surface area contributed by atoms with Gasteiger partial charge in [0, 0.05) is 5.41 Å². The molecule has 1 nitrogen and oxygen atoms in total. The van der Waals surface area contributed by atoms with Crippen LogP contribution in [0, 0.1) is 5.41 Å². The molecule has 0 aromatic heterocycles. The first-order chi connectivity index (χ1) is 4.04. The van der Waals surface area contributed by atoms with Crippen LogP contribution in [0.1, 0.15) is 13.8 Å². The number of carbonyl (C=O) groups is 1. The van der Waals surface area contributed by atoms with Crippen LogP contribution in [0.5, 0.6) is 0 Å². The average molecular weight is 191 g/mol. The molecule has 0 aliphatic rings. The molecule has 0 aliphatic carbocycles. The van der Waals surface area contributed by atoms with Crippen molar-refractivity contribution >= 4 is 21.7 Å². The van der Waals surface area contributed by atoms with E-state index in [0.717, 1.165) is 0 Å². The lowest BCUT2D eigenvalue weighted by Crippen LogP contribution is -2.22. The van der Waals surface area contributed by atoms with E-state index in [1.54, 1.807) is 6.08 Å². The molecule has 2 heteroatoms. The normalized spacial score (nSPS) is 11.0. The Bertz CT molecular complexity index is 127. The van der Waals surface area contributed by atoms with E-state index in [4.69, 9.17) is 0 Å². The number of alkyl halides is 1. The molecular formula is C7H11BrO. The van der Waals surface area contributed by atoms with E-state index < -0.39 is 0 Å². The lowest BCUT2D eigenvalue weighted by atomic mass is 9.90. The molecule has 0 heterocycles. The molecule has 0 bridgehead atoms. The maximum absolute atomic E-state index is 10.9. The van der Waals surface area contributed by atoms with Crippen LogP contribution in [-0.4, -0.2) is 11.1 Å². The van der Waals surface area contributed by atoms with Gasteiger partial charge in [-0.3, -0.25) is 4.79 Å². The number of rotatable bonds is 3. The van der Waals surface area contributed by atoms with Crippen LogP contribution < -0.4 is 0 Å². The number of carbonyl (C=O) groups excluding carboxylic acids is 1. The maximum atomic E-state index is 10.9. The highest BCUT2D eigenvalue weighted by Crippen LogP contribution is 2.17. The van der Waals surface area contributed by atoms with Gasteiger partial charge in [0.2, 0.25) is 0 Å². The van der Waals surface area contributed by atoms with Gasteiger partial charge in [-0.1, -0.05) is 22.0 Å². The van der Waals surface area contributed by atoms with Crippen LogP contribution in [0.15, 0.2) is 12.7 Å². The standard InChI is InChI=1S/C7H11BrO/c1-4-7(2,3)6(9)5-8/h4H,1,5H2,2-3H3. The summed E-state index contributed by atoms with van der Waals surface area (Å²) in [7, 11) is 0. The molecule has 0 fully saturated rings. The zero-order chi connectivity index (χ0) is 7.49. The third-order valence-electron chi connectivity index (χ3n) is 1.35. The van der Waals surface area contributed by atoms with Crippen LogP contribution in [0.4, 0.5) is 0 Å². The second-order valence-electron chi connectivity index (χ2n) is 2.48. The van der Waals surface area contributed by atoms with Gasteiger partial charge in [0.15, 0.2) is 5.78 Å². The predicted octanol–water partition coefficient (Wildman–Crippen LogP) is 2.16. The zero-order valence-electron chi connectivity index (χ0n) is 5.78. The summed E-state index contributed by atoms with van der Waals surface area (Å²) in [6, 6.07) is 0. The van der Waals surface area contributed by atoms with Gasteiger partial charge in [-0.2, -0.15) is 0 Å². The van der Waals surface area contributed by atoms with Crippen LogP contribution in [0.25, 0.3) is 0 Å². The fourth-order valence-corrected chi connectivity index (χ4v) is 1.01. The van der Waals surface area contributed by atoms with Gasteiger partial charge in [0.1, 0.15) is 0 Å². The van der Waals surface area contributed by atoms with Gasteiger partial charge >= 0.3 is 0 Å². The first-order valence-electron chi connectivity index (χ1n) is 2.77. The van der Waals surface area contributed by atoms with Gasteiger partial charge < -0.3 is 0 Å². The molecule has 52 valence electrons. The summed E-state index contributed by atoms with van der Waals surface area (Å²) in [6.07, 6.45) is 1.66. The van der Waals surface area contributed by atoms with Crippen molar-refractivity contribution in [2.45, 2.75) is 13.8 Å². The van der Waals surface area contributed by atoms with Crippen molar-refractivity contribution in [3.8, 4) is 0 Å². The molecule has 0 aromatic carbocycles. The lowest BCUT2D eigenvalue weighted by Gasteiger charge is -2.15. The predicted molar refractivity (Wildman–Crippen MR) is 42.8 cm³/mol. The van der Waals surface area contributed by atoms with Crippen molar-refractivity contribution in [2.75, 3.05) is 5.33 Å². The van der Waals surface area contributed by atoms with Gasteiger partial charge in [-0.25, -0.2) is 0 Å². The van der Waals surface area contributed by atoms with Crippen molar-refractivity contribution in [1.82, 2.24) is 0 Å². The smallest absolute Gasteiger partial charge is 0.152 e. The van der Waals surface area contributed by atoms with Crippen molar-refractivity contribution in [3.05, 3.63) is 12.7 Å². The Morgan fingerprint density at radius 2 is 2.22 bits per heavy atom. The molecule has 0 aliphatic heterocycles. The summed E-state index contributed by atoms with van der Waals surface area (Å²) in [6.45, 7) is 7.26. The SMILES string of the molecule is C=CC(C)(C)C(=O)CBr. The fourth-order valence-electron chi connectivity index (χ4n) is 0.286. The highest BCUT2D eigenvalue weighted by atomic mass is 79.9. The molecule has 0 amide bonds. The summed E-state index contributed by atoms with van der Waals surface area (Å²) in [5.74, 6) is 0.164. The minimum Gasteiger partial charge on any atom is -0.298 e. The number of halogens is 1. The van der Waals surface area contributed by atoms with E-state index in [1.165, 1.54) is 0 Å². The molecule has 0 aromatic rings. The number of hydrogen-bond donors (Lipinski definition) is 0. The van der Waals surface area contributed by atoms with Gasteiger partial charge in [0.05, 0.1) is 5.33 Å². The highest BCUT2D eigenvalue weighted by molar-refractivity contribution is 9.09. The zero-order valence-corrected chi connectivity index (χ0v) is 7.36. The third-order valence-corrected chi connectivity index (χ3v) is 1.86. The van der Waals surface area contributed by atoms with Crippen molar-refractivity contribution in [3.63, 3.8) is 0 Å². The van der Waals surface area contributed by atoms with E-state index >= 15 is 0 Å². The second kappa shape index (κ2) is 3.16. The Balaban J connectivity index is 4.14. The topological polar surface area (TPSA) is 17.1 Å². The molecular weight excluding hydrogens is 180 g/mol. The Kier molecular flexibility index (Phi) is 3.12. The third kappa shape index (κ3) is 2.31. The summed E-state index contributed by atoms with van der Waals surface area (Å²) in [5.41, 5.74) is -0.372. The fraction of sp³-hybridized carbons (Fsp3) is 0.571. The summed E-state index contributed by atoms with van der Waals surface area (Å²) >= 11 is 3.09. The molecule has 0 atom stereocenters. The Hall–Kier alpha value is -0.110. The first kappa shape index (κ1) is 8.89. The van der Waals surface area contributed by atoms with E-state index in [2.05, 4.69) is 22.5 Å². The van der Waals surface area contributed by atoms with E-state index in [1.807, 2.05) is 13.8 Å². The van der Waals surface area contributed by atoms with Crippen LogP contribution >= 0.6 is 15.9 Å². The minimum atomic E-state index is -0.372. The first-order valence-corrected chi connectivity index (χ1v) is 3.89. The summed E-state index contributed by atoms with van der Waals surface area (Å²) in [5, 5.41) is 0.409. The average Bonchev–Trinajstić information content (AvgIpc) is 1.86. The molecule has 0 radical (unpaired) electrons. The number of allylic oxidation sites excluding steroid dienone is 1. The highest BCUT2D eigenvalue weighted by Gasteiger charge is 2.21. The maximum Gasteiger partial charge on any atom is 0.152 e. The number of hydrogen-bond acceptors (Lipinski definition) is 1. The van der Waals surface area contributed by atoms with Gasteiger partial charge in [0.25, 0.3) is 0 Å². The molecule has 0 spiro atoms. The van der Waals surface area contributed by atoms with Crippen LogP contribution in [0.3, 0.4) is 0 Å². The number of Topliss-reactive ketones (excluding diaryl/α,β-unsaturated/α-hetero) is 1. The Labute approximate surface area is 64.3 Å². The monoisotopic (exact) mass is 190 g/mol. The van der Waals surface area contributed by atoms with Crippen LogP contribution in [-0.2, 0) is 4.79 Å². The largest absolute Gasteiger partial charge is 0.298 e. The van der Waals surface area contributed by atoms with Crippen LogP contribution in [0.2, 0.25) is 0 Å². The van der Waals surface area contributed by atoms with Crippen molar-refractivity contribution in [1.29, 1.82) is 0 Å². The van der Waals surface area contributed by atoms with Gasteiger partial charge in [-0.15, -0.1) is 6.58 Å². The van der Waals surface area contributed by atoms with E-state index in [9.17, 15) is 4.79 Å². The Morgan fingerprint density at radius 3 is 2.33 bits per heavy atom. The minimum absolute atomic E-state index is 0.164. The molecule has 0 saturated carbocycles. The Morgan fingerprint density at radius 1 is 1.78 bits per heavy atom. The lowest BCUT2D eigenvalue weighted by molar-refractivity contribution is -0.122. The molecule has 9 heavy (non-hydrogen) atoms. The van der Waals surface area contributed by atoms with Crippen molar-refractivity contribution < 1.29 is 4.79 Å². The second-order valence-corrected chi connectivity index (χ2v) is 3.04.